The molecule has 0 spiro atoms. The summed E-state index contributed by atoms with van der Waals surface area (Å²) in [5, 5.41) is 3.38. The molecule has 0 atom stereocenters. The topological polar surface area (TPSA) is 77.2 Å². The van der Waals surface area contributed by atoms with Crippen LogP contribution in [0.3, 0.4) is 0 Å². The number of nitrogens with two attached hydrogens (primary N) is 1. The molecule has 1 aromatic rings. The zero-order chi connectivity index (χ0) is 14.4. The van der Waals surface area contributed by atoms with Gasteiger partial charge in [-0.05, 0) is 25.8 Å². The number of carbonyl (C=O) groups is 1. The maximum Gasteiger partial charge on any atom is 0.340 e. The van der Waals surface area contributed by atoms with Crippen LogP contribution in [0.5, 0.6) is 0 Å². The summed E-state index contributed by atoms with van der Waals surface area (Å²) in [6, 6.07) is 2.00. The first-order valence-electron chi connectivity index (χ1n) is 7.40. The molecule has 0 bridgehead atoms. The number of anilines is 2. The van der Waals surface area contributed by atoms with Gasteiger partial charge in [0.05, 0.1) is 17.9 Å². The molecule has 110 valence electrons. The lowest BCUT2D eigenvalue weighted by molar-refractivity contribution is 0.0527. The summed E-state index contributed by atoms with van der Waals surface area (Å²) < 4.78 is 5.00. The van der Waals surface area contributed by atoms with Gasteiger partial charge in [0.25, 0.3) is 0 Å². The van der Waals surface area contributed by atoms with E-state index in [1.54, 1.807) is 19.2 Å². The maximum absolute atomic E-state index is 11.8. The van der Waals surface area contributed by atoms with Gasteiger partial charge in [0.1, 0.15) is 5.82 Å². The van der Waals surface area contributed by atoms with Gasteiger partial charge in [0.15, 0.2) is 0 Å². The second-order valence-corrected chi connectivity index (χ2v) is 5.17. The Kier molecular flexibility index (Phi) is 5.21. The standard InChI is InChI=1S/C15H23N3O2/c1-2-20-15(19)12-9-10-17-14(13(12)16)18-11-7-5-3-4-6-8-11/h9-11H,2-8,16H2,1H3,(H,17,18). The quantitative estimate of drug-likeness (QED) is 0.653. The van der Waals surface area contributed by atoms with Gasteiger partial charge in [-0.3, -0.25) is 0 Å². The van der Waals surface area contributed by atoms with Gasteiger partial charge >= 0.3 is 5.97 Å². The van der Waals surface area contributed by atoms with Gasteiger partial charge in [0.2, 0.25) is 0 Å². The first-order valence-corrected chi connectivity index (χ1v) is 7.40. The van der Waals surface area contributed by atoms with Crippen molar-refractivity contribution in [3.63, 3.8) is 0 Å². The fourth-order valence-corrected chi connectivity index (χ4v) is 2.59. The van der Waals surface area contributed by atoms with E-state index in [0.717, 1.165) is 12.8 Å². The molecule has 1 saturated carbocycles. The summed E-state index contributed by atoms with van der Waals surface area (Å²) >= 11 is 0. The van der Waals surface area contributed by atoms with Crippen molar-refractivity contribution in [3.8, 4) is 0 Å². The van der Waals surface area contributed by atoms with Crippen LogP contribution in [-0.2, 0) is 4.74 Å². The molecule has 1 heterocycles. The number of hydrogen-bond acceptors (Lipinski definition) is 5. The molecule has 1 aliphatic rings. The Labute approximate surface area is 119 Å². The average Bonchev–Trinajstić information content (AvgIpc) is 2.70. The van der Waals surface area contributed by atoms with Crippen LogP contribution < -0.4 is 11.1 Å². The van der Waals surface area contributed by atoms with Crippen LogP contribution in [0.15, 0.2) is 12.3 Å². The highest BCUT2D eigenvalue weighted by Gasteiger charge is 2.18. The molecule has 1 fully saturated rings. The van der Waals surface area contributed by atoms with E-state index in [2.05, 4.69) is 10.3 Å². The predicted molar refractivity (Wildman–Crippen MR) is 79.7 cm³/mol. The second kappa shape index (κ2) is 7.12. The van der Waals surface area contributed by atoms with Crippen molar-refractivity contribution in [1.82, 2.24) is 4.98 Å². The Morgan fingerprint density at radius 1 is 1.40 bits per heavy atom. The van der Waals surface area contributed by atoms with Gasteiger partial charge < -0.3 is 15.8 Å². The number of pyridine rings is 1. The summed E-state index contributed by atoms with van der Waals surface area (Å²) in [5.74, 6) is 0.207. The second-order valence-electron chi connectivity index (χ2n) is 5.17. The minimum atomic E-state index is -0.392. The molecule has 0 radical (unpaired) electrons. The van der Waals surface area contributed by atoms with Gasteiger partial charge in [-0.15, -0.1) is 0 Å². The van der Waals surface area contributed by atoms with E-state index in [9.17, 15) is 4.79 Å². The van der Waals surface area contributed by atoms with Crippen LogP contribution in [0.1, 0.15) is 55.8 Å². The van der Waals surface area contributed by atoms with Crippen molar-refractivity contribution >= 4 is 17.5 Å². The third kappa shape index (κ3) is 3.62. The molecule has 0 aromatic carbocycles. The highest BCUT2D eigenvalue weighted by atomic mass is 16.5. The van der Waals surface area contributed by atoms with Crippen LogP contribution in [0, 0.1) is 0 Å². The lowest BCUT2D eigenvalue weighted by Gasteiger charge is -2.18. The number of hydrogen-bond donors (Lipinski definition) is 2. The van der Waals surface area contributed by atoms with E-state index in [4.69, 9.17) is 10.5 Å². The van der Waals surface area contributed by atoms with E-state index < -0.39 is 5.97 Å². The Balaban J connectivity index is 2.11. The van der Waals surface area contributed by atoms with Crippen molar-refractivity contribution in [1.29, 1.82) is 0 Å². The summed E-state index contributed by atoms with van der Waals surface area (Å²) in [7, 11) is 0. The van der Waals surface area contributed by atoms with Crippen molar-refractivity contribution in [2.45, 2.75) is 51.5 Å². The Morgan fingerprint density at radius 2 is 2.10 bits per heavy atom. The minimum Gasteiger partial charge on any atom is -0.462 e. The SMILES string of the molecule is CCOC(=O)c1ccnc(NC2CCCCCC2)c1N. The summed E-state index contributed by atoms with van der Waals surface area (Å²) in [4.78, 5) is 16.1. The van der Waals surface area contributed by atoms with Crippen molar-refractivity contribution in [2.75, 3.05) is 17.7 Å². The van der Waals surface area contributed by atoms with Crippen LogP contribution >= 0.6 is 0 Å². The number of aromatic nitrogens is 1. The first kappa shape index (κ1) is 14.6. The number of carbonyl (C=O) groups excluding carboxylic acids is 1. The molecule has 2 rings (SSSR count). The molecule has 5 nitrogen and oxygen atoms in total. The summed E-state index contributed by atoms with van der Waals surface area (Å²) in [5.41, 5.74) is 6.82. The molecule has 0 saturated heterocycles. The highest BCUT2D eigenvalue weighted by Crippen LogP contribution is 2.25. The molecule has 1 aromatic heterocycles. The third-order valence-corrected chi connectivity index (χ3v) is 3.68. The average molecular weight is 277 g/mol. The van der Waals surface area contributed by atoms with Gasteiger partial charge in [0, 0.05) is 12.2 Å². The lowest BCUT2D eigenvalue weighted by Crippen LogP contribution is -2.21. The van der Waals surface area contributed by atoms with E-state index >= 15 is 0 Å². The van der Waals surface area contributed by atoms with Crippen LogP contribution in [0.25, 0.3) is 0 Å². The Hall–Kier alpha value is -1.78. The zero-order valence-electron chi connectivity index (χ0n) is 12.0. The van der Waals surface area contributed by atoms with Gasteiger partial charge in [-0.25, -0.2) is 9.78 Å². The van der Waals surface area contributed by atoms with E-state index in [1.807, 2.05) is 0 Å². The molecular weight excluding hydrogens is 254 g/mol. The molecule has 3 N–H and O–H groups in total. The molecule has 1 aliphatic carbocycles. The van der Waals surface area contributed by atoms with Gasteiger partial charge in [-0.2, -0.15) is 0 Å². The fraction of sp³-hybridized carbons (Fsp3) is 0.600. The van der Waals surface area contributed by atoms with Crippen LogP contribution in [0.2, 0.25) is 0 Å². The zero-order valence-corrected chi connectivity index (χ0v) is 12.0. The first-order chi connectivity index (χ1) is 9.72. The number of nitrogens with zero attached hydrogens (tertiary/aromatic N) is 1. The normalized spacial score (nSPS) is 16.4. The number of rotatable bonds is 4. The van der Waals surface area contributed by atoms with E-state index in [0.29, 0.717) is 29.7 Å². The highest BCUT2D eigenvalue weighted by molar-refractivity contribution is 5.97. The minimum absolute atomic E-state index is 0.339. The maximum atomic E-state index is 11.8. The smallest absolute Gasteiger partial charge is 0.340 e. The molecule has 0 aliphatic heterocycles. The van der Waals surface area contributed by atoms with E-state index in [-0.39, 0.29) is 0 Å². The van der Waals surface area contributed by atoms with Gasteiger partial charge in [-0.1, -0.05) is 25.7 Å². The number of nitrogens with one attached hydrogen (secondary N) is 1. The van der Waals surface area contributed by atoms with Crippen LogP contribution in [-0.4, -0.2) is 23.6 Å². The monoisotopic (exact) mass is 277 g/mol. The lowest BCUT2D eigenvalue weighted by atomic mass is 10.1. The molecule has 0 unspecified atom stereocenters. The largest absolute Gasteiger partial charge is 0.462 e. The van der Waals surface area contributed by atoms with Crippen molar-refractivity contribution < 1.29 is 9.53 Å². The summed E-state index contributed by atoms with van der Waals surface area (Å²) in [6.45, 7) is 2.12. The molecule has 0 amide bonds. The number of esters is 1. The Bertz CT molecular complexity index is 454. The van der Waals surface area contributed by atoms with Crippen molar-refractivity contribution in [2.24, 2.45) is 0 Å². The molecule has 20 heavy (non-hydrogen) atoms. The molecule has 5 heteroatoms. The van der Waals surface area contributed by atoms with Crippen molar-refractivity contribution in [3.05, 3.63) is 17.8 Å². The predicted octanol–water partition coefficient (Wildman–Crippen LogP) is 2.98. The number of nitrogen functional groups attached to an aromatic ring is 1. The number of ether oxygens (including phenoxy) is 1. The fourth-order valence-electron chi connectivity index (χ4n) is 2.59. The summed E-state index contributed by atoms with van der Waals surface area (Å²) in [6.07, 6.45) is 8.91. The third-order valence-electron chi connectivity index (χ3n) is 3.68. The Morgan fingerprint density at radius 3 is 2.75 bits per heavy atom. The van der Waals surface area contributed by atoms with Crippen LogP contribution in [0.4, 0.5) is 11.5 Å². The van der Waals surface area contributed by atoms with E-state index in [1.165, 1.54) is 25.7 Å². The molecular formula is C15H23N3O2.